The summed E-state index contributed by atoms with van der Waals surface area (Å²) >= 11 is 0. The van der Waals surface area contributed by atoms with Crippen LogP contribution >= 0.6 is 0 Å². The second-order valence-electron chi connectivity index (χ2n) is 6.14. The molecule has 2 aromatic rings. The molecule has 1 aliphatic rings. The van der Waals surface area contributed by atoms with Crippen LogP contribution in [-0.4, -0.2) is 38.6 Å². The van der Waals surface area contributed by atoms with Gasteiger partial charge in [0.1, 0.15) is 0 Å². The van der Waals surface area contributed by atoms with E-state index in [0.29, 0.717) is 13.1 Å². The summed E-state index contributed by atoms with van der Waals surface area (Å²) in [7, 11) is -3.69. The van der Waals surface area contributed by atoms with Gasteiger partial charge >= 0.3 is 5.97 Å². The number of rotatable bonds is 5. The van der Waals surface area contributed by atoms with Gasteiger partial charge in [0.25, 0.3) is 0 Å². The van der Waals surface area contributed by atoms with E-state index in [4.69, 9.17) is 5.11 Å². The smallest absolute Gasteiger partial charge is 0.307 e. The zero-order valence-corrected chi connectivity index (χ0v) is 14.4. The maximum Gasteiger partial charge on any atom is 0.307 e. The average Bonchev–Trinajstić information content (AvgIpc) is 2.62. The summed E-state index contributed by atoms with van der Waals surface area (Å²) in [5, 5.41) is 12.1. The number of carbonyl (C=O) groups is 1. The number of carboxylic acids is 1. The molecule has 0 bridgehead atoms. The third-order valence-electron chi connectivity index (χ3n) is 4.29. The summed E-state index contributed by atoms with van der Waals surface area (Å²) in [6, 6.07) is 15.9. The lowest BCUT2D eigenvalue weighted by atomic mass is 9.97. The summed E-state index contributed by atoms with van der Waals surface area (Å²) in [5.74, 6) is -1.49. The van der Waals surface area contributed by atoms with Gasteiger partial charge in [0.15, 0.2) is 0 Å². The van der Waals surface area contributed by atoms with Crippen molar-refractivity contribution in [2.45, 2.75) is 17.4 Å². The molecule has 0 radical (unpaired) electrons. The lowest BCUT2D eigenvalue weighted by Gasteiger charge is -2.28. The Hall–Kier alpha value is -2.22. The molecule has 3 rings (SSSR count). The Morgan fingerprint density at radius 2 is 1.64 bits per heavy atom. The number of carboxylic acid groups (broad SMARTS) is 1. The van der Waals surface area contributed by atoms with Crippen molar-refractivity contribution in [2.75, 3.05) is 13.1 Å². The first-order valence-corrected chi connectivity index (χ1v) is 9.55. The van der Waals surface area contributed by atoms with Gasteiger partial charge in [0.2, 0.25) is 10.0 Å². The summed E-state index contributed by atoms with van der Waals surface area (Å²) in [6.45, 7) is 0.782. The van der Waals surface area contributed by atoms with E-state index in [2.05, 4.69) is 10.0 Å². The molecular weight excluding hydrogens is 340 g/mol. The maximum absolute atomic E-state index is 12.5. The second kappa shape index (κ2) is 7.35. The van der Waals surface area contributed by atoms with E-state index in [1.165, 1.54) is 0 Å². The molecule has 25 heavy (non-hydrogen) atoms. The molecule has 0 aliphatic carbocycles. The van der Waals surface area contributed by atoms with E-state index >= 15 is 0 Å². The van der Waals surface area contributed by atoms with Gasteiger partial charge in [-0.2, -0.15) is 0 Å². The number of hydrogen-bond acceptors (Lipinski definition) is 4. The minimum absolute atomic E-state index is 0.171. The van der Waals surface area contributed by atoms with Gasteiger partial charge in [-0.25, -0.2) is 13.1 Å². The largest absolute Gasteiger partial charge is 0.481 e. The van der Waals surface area contributed by atoms with E-state index in [1.54, 1.807) is 24.3 Å². The van der Waals surface area contributed by atoms with E-state index in [1.807, 2.05) is 30.3 Å². The van der Waals surface area contributed by atoms with Crippen LogP contribution in [0.1, 0.15) is 6.42 Å². The highest BCUT2D eigenvalue weighted by atomic mass is 32.2. The molecule has 2 atom stereocenters. The van der Waals surface area contributed by atoms with E-state index in [9.17, 15) is 13.2 Å². The number of sulfonamides is 1. The van der Waals surface area contributed by atoms with E-state index in [0.717, 1.165) is 11.1 Å². The normalized spacial score (nSPS) is 21.0. The highest BCUT2D eigenvalue weighted by Crippen LogP contribution is 2.21. The molecule has 7 heteroatoms. The van der Waals surface area contributed by atoms with Crippen LogP contribution in [0.5, 0.6) is 0 Å². The Balaban J connectivity index is 1.73. The molecule has 1 aliphatic heterocycles. The Morgan fingerprint density at radius 1 is 1.00 bits per heavy atom. The lowest BCUT2D eigenvalue weighted by molar-refractivity contribution is -0.142. The molecule has 2 aromatic carbocycles. The van der Waals surface area contributed by atoms with Crippen molar-refractivity contribution in [2.24, 2.45) is 5.92 Å². The number of benzene rings is 2. The standard InChI is InChI=1S/C18H20N2O4S/c21-18(22)15-10-16(12-19-11-15)20-25(23,24)17-8-6-14(7-9-17)13-4-2-1-3-5-13/h1-9,15-16,19-20H,10-12H2,(H,21,22)/t15-,16+/m0/s1. The Kier molecular flexibility index (Phi) is 5.17. The van der Waals surface area contributed by atoms with Gasteiger partial charge in [-0.15, -0.1) is 0 Å². The summed E-state index contributed by atoms with van der Waals surface area (Å²) in [4.78, 5) is 11.3. The number of hydrogen-bond donors (Lipinski definition) is 3. The predicted molar refractivity (Wildman–Crippen MR) is 94.6 cm³/mol. The highest BCUT2D eigenvalue weighted by molar-refractivity contribution is 7.89. The minimum atomic E-state index is -3.69. The number of piperidine rings is 1. The summed E-state index contributed by atoms with van der Waals surface area (Å²) in [6.07, 6.45) is 0.281. The minimum Gasteiger partial charge on any atom is -0.481 e. The van der Waals surface area contributed by atoms with Gasteiger partial charge in [-0.1, -0.05) is 42.5 Å². The predicted octanol–water partition coefficient (Wildman–Crippen LogP) is 1.69. The van der Waals surface area contributed by atoms with Crippen LogP contribution in [0.15, 0.2) is 59.5 Å². The Bertz CT molecular complexity index is 835. The average molecular weight is 360 g/mol. The van der Waals surface area contributed by atoms with Crippen LogP contribution in [-0.2, 0) is 14.8 Å². The summed E-state index contributed by atoms with van der Waals surface area (Å²) < 4.78 is 27.7. The van der Waals surface area contributed by atoms with Crippen molar-refractivity contribution < 1.29 is 18.3 Å². The van der Waals surface area contributed by atoms with Gasteiger partial charge < -0.3 is 10.4 Å². The molecule has 0 aromatic heterocycles. The number of nitrogens with one attached hydrogen (secondary N) is 2. The molecule has 0 spiro atoms. The second-order valence-corrected chi connectivity index (χ2v) is 7.85. The van der Waals surface area contributed by atoms with Crippen molar-refractivity contribution in [3.05, 3.63) is 54.6 Å². The lowest BCUT2D eigenvalue weighted by Crippen LogP contribution is -2.50. The van der Waals surface area contributed by atoms with Gasteiger partial charge in [-0.05, 0) is 29.7 Å². The topological polar surface area (TPSA) is 95.5 Å². The van der Waals surface area contributed by atoms with Crippen molar-refractivity contribution in [1.29, 1.82) is 0 Å². The van der Waals surface area contributed by atoms with Crippen molar-refractivity contribution in [3.63, 3.8) is 0 Å². The van der Waals surface area contributed by atoms with Gasteiger partial charge in [0, 0.05) is 19.1 Å². The Labute approximate surface area is 146 Å². The van der Waals surface area contributed by atoms with Gasteiger partial charge in [-0.3, -0.25) is 4.79 Å². The zero-order valence-electron chi connectivity index (χ0n) is 13.6. The zero-order chi connectivity index (χ0) is 17.9. The highest BCUT2D eigenvalue weighted by Gasteiger charge is 2.29. The third-order valence-corrected chi connectivity index (χ3v) is 5.83. The first-order valence-electron chi connectivity index (χ1n) is 8.07. The molecule has 0 amide bonds. The van der Waals surface area contributed by atoms with Crippen LogP contribution in [0.2, 0.25) is 0 Å². The van der Waals surface area contributed by atoms with Crippen LogP contribution in [0, 0.1) is 5.92 Å². The monoisotopic (exact) mass is 360 g/mol. The first-order chi connectivity index (χ1) is 12.0. The van der Waals surface area contributed by atoms with Gasteiger partial charge in [0.05, 0.1) is 10.8 Å². The first kappa shape index (κ1) is 17.6. The van der Waals surface area contributed by atoms with Crippen LogP contribution in [0.25, 0.3) is 11.1 Å². The molecule has 3 N–H and O–H groups in total. The molecule has 1 saturated heterocycles. The molecule has 0 unspecified atom stereocenters. The summed E-state index contributed by atoms with van der Waals surface area (Å²) in [5.41, 5.74) is 1.95. The molecule has 0 saturated carbocycles. The molecular formula is C18H20N2O4S. The fourth-order valence-corrected chi connectivity index (χ4v) is 4.21. The Morgan fingerprint density at radius 3 is 2.28 bits per heavy atom. The van der Waals surface area contributed by atoms with Crippen molar-refractivity contribution in [3.8, 4) is 11.1 Å². The van der Waals surface area contributed by atoms with Crippen molar-refractivity contribution >= 4 is 16.0 Å². The fraction of sp³-hybridized carbons (Fsp3) is 0.278. The van der Waals surface area contributed by atoms with Crippen LogP contribution in [0.4, 0.5) is 0 Å². The molecule has 1 fully saturated rings. The maximum atomic E-state index is 12.5. The SMILES string of the molecule is O=C(O)[C@@H]1CNC[C@H](NS(=O)(=O)c2ccc(-c3ccccc3)cc2)C1. The van der Waals surface area contributed by atoms with E-state index in [-0.39, 0.29) is 11.3 Å². The fourth-order valence-electron chi connectivity index (χ4n) is 2.96. The third kappa shape index (κ3) is 4.25. The number of aliphatic carboxylic acids is 1. The molecule has 1 heterocycles. The van der Waals surface area contributed by atoms with Crippen LogP contribution in [0.3, 0.4) is 0 Å². The molecule has 6 nitrogen and oxygen atoms in total. The van der Waals surface area contributed by atoms with Crippen molar-refractivity contribution in [1.82, 2.24) is 10.0 Å². The molecule has 132 valence electrons. The van der Waals surface area contributed by atoms with Crippen LogP contribution < -0.4 is 10.0 Å². The quantitative estimate of drug-likeness (QED) is 0.754. The van der Waals surface area contributed by atoms with E-state index < -0.39 is 28.0 Å².